The van der Waals surface area contributed by atoms with Crippen LogP contribution in [0.25, 0.3) is 0 Å². The summed E-state index contributed by atoms with van der Waals surface area (Å²) < 4.78 is 38.3. The molecule has 8 nitrogen and oxygen atoms in total. The van der Waals surface area contributed by atoms with Crippen molar-refractivity contribution in [2.75, 3.05) is 46.0 Å². The van der Waals surface area contributed by atoms with Crippen LogP contribution in [-0.2, 0) is 19.6 Å². The van der Waals surface area contributed by atoms with Gasteiger partial charge in [-0.1, -0.05) is 0 Å². The number of hydrogen-bond donors (Lipinski definition) is 2. The fraction of sp³-hybridized carbons (Fsp3) is 0.632. The lowest BCUT2D eigenvalue weighted by Gasteiger charge is -2.26. The van der Waals surface area contributed by atoms with E-state index in [9.17, 15) is 13.2 Å². The predicted octanol–water partition coefficient (Wildman–Crippen LogP) is 0.899. The summed E-state index contributed by atoms with van der Waals surface area (Å²) in [6, 6.07) is 3.79. The molecule has 1 aliphatic rings. The van der Waals surface area contributed by atoms with E-state index >= 15 is 0 Å². The van der Waals surface area contributed by atoms with E-state index in [2.05, 4.69) is 14.9 Å². The molecule has 1 amide bonds. The quantitative estimate of drug-likeness (QED) is 0.553. The maximum atomic E-state index is 12.6. The average molecular weight is 414 g/mol. The van der Waals surface area contributed by atoms with Crippen molar-refractivity contribution in [3.05, 3.63) is 23.8 Å². The maximum absolute atomic E-state index is 12.6. The van der Waals surface area contributed by atoms with Crippen LogP contribution in [0, 0.1) is 6.92 Å². The first-order valence-electron chi connectivity index (χ1n) is 9.67. The number of amides is 1. The monoisotopic (exact) mass is 413 g/mol. The van der Waals surface area contributed by atoms with E-state index in [0.29, 0.717) is 18.9 Å². The van der Waals surface area contributed by atoms with Crippen LogP contribution >= 0.6 is 0 Å². The van der Waals surface area contributed by atoms with Gasteiger partial charge in [-0.2, -0.15) is 4.72 Å². The summed E-state index contributed by atoms with van der Waals surface area (Å²) >= 11 is 0. The fourth-order valence-corrected chi connectivity index (χ4v) is 4.24. The Balaban J connectivity index is 1.81. The Kier molecular flexibility index (Phi) is 8.68. The number of hydrogen-bond acceptors (Lipinski definition) is 6. The molecule has 0 aromatic heterocycles. The molecule has 1 saturated heterocycles. The summed E-state index contributed by atoms with van der Waals surface area (Å²) in [4.78, 5) is 14.6. The van der Waals surface area contributed by atoms with Crippen molar-refractivity contribution >= 4 is 15.9 Å². The second kappa shape index (κ2) is 10.8. The molecule has 1 fully saturated rings. The third-order valence-corrected chi connectivity index (χ3v) is 6.07. The Bertz CT molecular complexity index is 748. The Morgan fingerprint density at radius 2 is 2.04 bits per heavy atom. The van der Waals surface area contributed by atoms with Crippen molar-refractivity contribution in [2.45, 2.75) is 38.1 Å². The van der Waals surface area contributed by atoms with Crippen LogP contribution in [0.15, 0.2) is 23.1 Å². The summed E-state index contributed by atoms with van der Waals surface area (Å²) in [5, 5.41) is 2.79. The minimum absolute atomic E-state index is 0.112. The van der Waals surface area contributed by atoms with Gasteiger partial charge in [0.1, 0.15) is 5.75 Å². The van der Waals surface area contributed by atoms with Crippen molar-refractivity contribution in [1.82, 2.24) is 14.9 Å². The molecule has 0 radical (unpaired) electrons. The first-order valence-corrected chi connectivity index (χ1v) is 11.2. The third kappa shape index (κ3) is 6.73. The Labute approximate surface area is 167 Å². The van der Waals surface area contributed by atoms with Gasteiger partial charge in [0, 0.05) is 19.6 Å². The molecule has 0 saturated carbocycles. The van der Waals surface area contributed by atoms with E-state index in [0.717, 1.165) is 44.8 Å². The molecule has 2 rings (SSSR count). The highest BCUT2D eigenvalue weighted by Crippen LogP contribution is 2.21. The molecule has 28 heavy (non-hydrogen) atoms. The van der Waals surface area contributed by atoms with Crippen LogP contribution in [0.4, 0.5) is 0 Å². The van der Waals surface area contributed by atoms with Gasteiger partial charge in [-0.25, -0.2) is 8.42 Å². The van der Waals surface area contributed by atoms with E-state index in [-0.39, 0.29) is 10.8 Å². The van der Waals surface area contributed by atoms with Gasteiger partial charge in [0.2, 0.25) is 15.9 Å². The molecule has 1 heterocycles. The normalized spacial score (nSPS) is 16.5. The van der Waals surface area contributed by atoms with E-state index in [1.165, 1.54) is 13.0 Å². The molecule has 2 N–H and O–H groups in total. The highest BCUT2D eigenvalue weighted by Gasteiger charge is 2.22. The van der Waals surface area contributed by atoms with Crippen LogP contribution in [0.5, 0.6) is 5.75 Å². The zero-order valence-corrected chi connectivity index (χ0v) is 17.7. The van der Waals surface area contributed by atoms with Gasteiger partial charge < -0.3 is 14.8 Å². The third-order valence-electron chi connectivity index (χ3n) is 4.54. The second-order valence-corrected chi connectivity index (χ2v) is 8.52. The molecular weight excluding hydrogens is 382 g/mol. The molecule has 1 aromatic rings. The van der Waals surface area contributed by atoms with Gasteiger partial charge in [-0.15, -0.1) is 0 Å². The number of rotatable bonds is 10. The number of sulfonamides is 1. The number of benzene rings is 1. The minimum atomic E-state index is -3.79. The lowest BCUT2D eigenvalue weighted by molar-refractivity contribution is -0.122. The number of carbonyl (C=O) groups is 1. The average Bonchev–Trinajstić information content (AvgIpc) is 2.67. The molecule has 1 aliphatic heterocycles. The molecule has 0 unspecified atom stereocenters. The zero-order valence-electron chi connectivity index (χ0n) is 16.9. The lowest BCUT2D eigenvalue weighted by atomic mass is 10.2. The summed E-state index contributed by atoms with van der Waals surface area (Å²) in [5.74, 6) is 0.306. The zero-order chi connectivity index (χ0) is 20.6. The Hall–Kier alpha value is -1.68. The van der Waals surface area contributed by atoms with E-state index in [1.54, 1.807) is 19.1 Å². The van der Waals surface area contributed by atoms with Crippen molar-refractivity contribution in [2.24, 2.45) is 0 Å². The van der Waals surface area contributed by atoms with Crippen molar-refractivity contribution in [3.8, 4) is 5.75 Å². The van der Waals surface area contributed by atoms with Gasteiger partial charge in [-0.05, 0) is 57.5 Å². The van der Waals surface area contributed by atoms with Crippen LogP contribution < -0.4 is 14.8 Å². The largest absolute Gasteiger partial charge is 0.494 e. The number of carbonyl (C=O) groups excluding carboxylic acids is 1. The second-order valence-electron chi connectivity index (χ2n) is 6.80. The lowest BCUT2D eigenvalue weighted by Crippen LogP contribution is -2.45. The number of ether oxygens (including phenoxy) is 2. The van der Waals surface area contributed by atoms with Gasteiger partial charge in [0.05, 0.1) is 30.8 Å². The molecule has 158 valence electrons. The molecule has 1 aromatic carbocycles. The molecule has 1 atom stereocenters. The smallest absolute Gasteiger partial charge is 0.241 e. The number of aryl methyl sites for hydroxylation is 1. The Morgan fingerprint density at radius 3 is 2.68 bits per heavy atom. The summed E-state index contributed by atoms with van der Waals surface area (Å²) in [6.45, 7) is 10.4. The highest BCUT2D eigenvalue weighted by molar-refractivity contribution is 7.89. The first kappa shape index (κ1) is 22.6. The molecule has 0 aliphatic carbocycles. The van der Waals surface area contributed by atoms with Gasteiger partial charge in [-0.3, -0.25) is 9.69 Å². The predicted molar refractivity (Wildman–Crippen MR) is 107 cm³/mol. The minimum Gasteiger partial charge on any atom is -0.494 e. The topological polar surface area (TPSA) is 97.0 Å². The van der Waals surface area contributed by atoms with Crippen LogP contribution in [0.3, 0.4) is 0 Å². The van der Waals surface area contributed by atoms with Crippen LogP contribution in [0.2, 0.25) is 0 Å². The van der Waals surface area contributed by atoms with Crippen LogP contribution in [0.1, 0.15) is 25.8 Å². The standard InChI is InChI=1S/C19H31N3O5S/c1-4-27-18-7-6-17(14-15(18)2)28(24,25)21-16(3)19(23)20-8-5-9-22-10-12-26-13-11-22/h6-7,14,16,21H,4-5,8-13H2,1-3H3,(H,20,23)/t16-/m1/s1. The van der Waals surface area contributed by atoms with E-state index in [1.807, 2.05) is 6.92 Å². The molecule has 0 spiro atoms. The van der Waals surface area contributed by atoms with Gasteiger partial charge in [0.15, 0.2) is 0 Å². The van der Waals surface area contributed by atoms with Gasteiger partial charge >= 0.3 is 0 Å². The molecule has 0 bridgehead atoms. The molecular formula is C19H31N3O5S. The summed E-state index contributed by atoms with van der Waals surface area (Å²) in [7, 11) is -3.79. The highest BCUT2D eigenvalue weighted by atomic mass is 32.2. The fourth-order valence-electron chi connectivity index (χ4n) is 2.95. The van der Waals surface area contributed by atoms with E-state index < -0.39 is 16.1 Å². The van der Waals surface area contributed by atoms with E-state index in [4.69, 9.17) is 9.47 Å². The SMILES string of the molecule is CCOc1ccc(S(=O)(=O)N[C@H](C)C(=O)NCCCN2CCOCC2)cc1C. The van der Waals surface area contributed by atoms with Gasteiger partial charge in [0.25, 0.3) is 0 Å². The summed E-state index contributed by atoms with van der Waals surface area (Å²) in [5.41, 5.74) is 0.727. The number of nitrogens with zero attached hydrogens (tertiary/aromatic N) is 1. The number of morpholine rings is 1. The molecule has 9 heteroatoms. The van der Waals surface area contributed by atoms with Crippen molar-refractivity contribution < 1.29 is 22.7 Å². The van der Waals surface area contributed by atoms with Crippen molar-refractivity contribution in [1.29, 1.82) is 0 Å². The number of nitrogens with one attached hydrogen (secondary N) is 2. The van der Waals surface area contributed by atoms with Crippen molar-refractivity contribution in [3.63, 3.8) is 0 Å². The van der Waals surface area contributed by atoms with Crippen LogP contribution in [-0.4, -0.2) is 71.3 Å². The maximum Gasteiger partial charge on any atom is 0.241 e. The summed E-state index contributed by atoms with van der Waals surface area (Å²) in [6.07, 6.45) is 0.809. The Morgan fingerprint density at radius 1 is 1.32 bits per heavy atom. The first-order chi connectivity index (χ1) is 13.3.